The summed E-state index contributed by atoms with van der Waals surface area (Å²) in [6.07, 6.45) is -12.1. The van der Waals surface area contributed by atoms with E-state index in [-0.39, 0.29) is 11.3 Å². The highest BCUT2D eigenvalue weighted by Gasteiger charge is 2.90. The molecule has 1 aromatic carbocycles. The van der Waals surface area contributed by atoms with Crippen LogP contribution in [0.4, 0.5) is 57.1 Å². The molecular formula is C19H19F13O2. The van der Waals surface area contributed by atoms with E-state index in [9.17, 15) is 57.1 Å². The predicted octanol–water partition coefficient (Wildman–Crippen LogP) is 7.68. The van der Waals surface area contributed by atoms with Gasteiger partial charge in [-0.05, 0) is 38.5 Å². The quantitative estimate of drug-likeness (QED) is 0.308. The fraction of sp³-hybridized carbons (Fsp3) is 0.684. The normalized spacial score (nSPS) is 15.9. The molecule has 0 spiro atoms. The Kier molecular flexibility index (Phi) is 7.91. The van der Waals surface area contributed by atoms with Crippen molar-refractivity contribution in [3.8, 4) is 5.75 Å². The van der Waals surface area contributed by atoms with Crippen molar-refractivity contribution in [3.05, 3.63) is 29.8 Å². The van der Waals surface area contributed by atoms with Crippen molar-refractivity contribution in [1.29, 1.82) is 0 Å². The van der Waals surface area contributed by atoms with Crippen LogP contribution in [-0.4, -0.2) is 48.5 Å². The smallest absolute Gasteiger partial charge is 0.460 e. The summed E-state index contributed by atoms with van der Waals surface area (Å²) in [5, 5.41) is 0. The van der Waals surface area contributed by atoms with Crippen LogP contribution in [0.1, 0.15) is 38.9 Å². The van der Waals surface area contributed by atoms with Gasteiger partial charge in [0.05, 0.1) is 6.10 Å². The van der Waals surface area contributed by atoms with Gasteiger partial charge in [-0.2, -0.15) is 57.1 Å². The van der Waals surface area contributed by atoms with Gasteiger partial charge in [0.25, 0.3) is 0 Å². The van der Waals surface area contributed by atoms with Crippen LogP contribution in [0.25, 0.3) is 0 Å². The van der Waals surface area contributed by atoms with Crippen LogP contribution in [0, 0.1) is 0 Å². The topological polar surface area (TPSA) is 18.5 Å². The molecule has 0 fully saturated rings. The summed E-state index contributed by atoms with van der Waals surface area (Å²) in [6.45, 7) is 4.92. The van der Waals surface area contributed by atoms with E-state index in [4.69, 9.17) is 4.74 Å². The van der Waals surface area contributed by atoms with Crippen molar-refractivity contribution in [1.82, 2.24) is 0 Å². The lowest BCUT2D eigenvalue weighted by atomic mass is 9.90. The van der Waals surface area contributed by atoms with E-state index in [0.29, 0.717) is 7.11 Å². The largest absolute Gasteiger partial charge is 0.488 e. The van der Waals surface area contributed by atoms with E-state index in [2.05, 4.69) is 4.74 Å². The van der Waals surface area contributed by atoms with Gasteiger partial charge in [0, 0.05) is 13.5 Å². The van der Waals surface area contributed by atoms with Gasteiger partial charge in [-0.1, -0.05) is 12.1 Å². The number of ether oxygens (including phenoxy) is 2. The zero-order valence-electron chi connectivity index (χ0n) is 17.8. The number of rotatable bonds is 9. The highest BCUT2D eigenvalue weighted by atomic mass is 19.4. The summed E-state index contributed by atoms with van der Waals surface area (Å²) in [5.74, 6) is -37.0. The highest BCUT2D eigenvalue weighted by molar-refractivity contribution is 5.29. The Balaban J connectivity index is 3.32. The molecule has 15 heteroatoms. The molecule has 198 valence electrons. The van der Waals surface area contributed by atoms with E-state index < -0.39 is 53.9 Å². The fourth-order valence-corrected chi connectivity index (χ4v) is 2.60. The second-order valence-electron chi connectivity index (χ2n) is 8.21. The Morgan fingerprint density at radius 3 is 1.41 bits per heavy atom. The van der Waals surface area contributed by atoms with Crippen molar-refractivity contribution < 1.29 is 66.5 Å². The summed E-state index contributed by atoms with van der Waals surface area (Å²) in [7, 11) is 0.656. The first kappa shape index (κ1) is 30.1. The first-order valence-electron chi connectivity index (χ1n) is 9.13. The monoisotopic (exact) mass is 526 g/mol. The number of benzene rings is 1. The van der Waals surface area contributed by atoms with Gasteiger partial charge >= 0.3 is 35.8 Å². The van der Waals surface area contributed by atoms with E-state index in [0.717, 1.165) is 24.3 Å². The summed E-state index contributed by atoms with van der Waals surface area (Å²) >= 11 is 0. The number of hydrogen-bond acceptors (Lipinski definition) is 2. The minimum Gasteiger partial charge on any atom is -0.488 e. The molecule has 0 heterocycles. The molecule has 0 bridgehead atoms. The lowest BCUT2D eigenvalue weighted by molar-refractivity contribution is -0.440. The second-order valence-corrected chi connectivity index (χ2v) is 8.21. The molecule has 0 saturated carbocycles. The Bertz CT molecular complexity index is 824. The zero-order valence-corrected chi connectivity index (χ0v) is 17.8. The van der Waals surface area contributed by atoms with E-state index in [1.165, 1.54) is 0 Å². The van der Waals surface area contributed by atoms with Crippen LogP contribution in [0.5, 0.6) is 5.75 Å². The van der Waals surface area contributed by atoms with E-state index in [1.54, 1.807) is 20.8 Å². The number of halogens is 13. The molecule has 1 rings (SSSR count). The first-order chi connectivity index (χ1) is 14.9. The molecule has 34 heavy (non-hydrogen) atoms. The van der Waals surface area contributed by atoms with Gasteiger partial charge in [-0.15, -0.1) is 0 Å². The van der Waals surface area contributed by atoms with Crippen LogP contribution in [0.2, 0.25) is 0 Å². The highest BCUT2D eigenvalue weighted by Crippen LogP contribution is 2.61. The summed E-state index contributed by atoms with van der Waals surface area (Å²) in [4.78, 5) is 0. The van der Waals surface area contributed by atoms with Crippen molar-refractivity contribution in [3.63, 3.8) is 0 Å². The standard InChI is InChI=1S/C19H19F13O2/c1-13(2,3)34-11-7-5-10(6-8-11)12(33-4)9-14(20,21)15(22,23)16(24,25)17(26,27)18(28,29)19(30,31)32/h5-8,12H,9H2,1-4H3. The molecule has 0 amide bonds. The summed E-state index contributed by atoms with van der Waals surface area (Å²) in [6, 6.07) is 4.26. The Hall–Kier alpha value is -1.93. The Morgan fingerprint density at radius 1 is 0.647 bits per heavy atom. The zero-order chi connectivity index (χ0) is 27.2. The molecule has 0 aromatic heterocycles. The van der Waals surface area contributed by atoms with Gasteiger partial charge in [-0.25, -0.2) is 0 Å². The van der Waals surface area contributed by atoms with Gasteiger partial charge in [0.2, 0.25) is 0 Å². The van der Waals surface area contributed by atoms with Gasteiger partial charge < -0.3 is 9.47 Å². The maximum Gasteiger partial charge on any atom is 0.460 e. The third-order valence-electron chi connectivity index (χ3n) is 4.40. The summed E-state index contributed by atoms with van der Waals surface area (Å²) in [5.41, 5.74) is -1.08. The van der Waals surface area contributed by atoms with Gasteiger partial charge in [-0.3, -0.25) is 0 Å². The molecule has 2 nitrogen and oxygen atoms in total. The molecule has 0 N–H and O–H groups in total. The SMILES string of the molecule is COC(CC(F)(F)C(F)(F)C(F)(F)C(F)(F)C(F)(F)C(F)(F)F)c1ccc(OC(C)(C)C)cc1. The first-order valence-corrected chi connectivity index (χ1v) is 9.13. The Labute approximate surface area is 185 Å². The van der Waals surface area contributed by atoms with Crippen LogP contribution < -0.4 is 4.74 Å². The minimum absolute atomic E-state index is 0.156. The van der Waals surface area contributed by atoms with Crippen molar-refractivity contribution >= 4 is 0 Å². The molecule has 0 aliphatic heterocycles. The average molecular weight is 526 g/mol. The second kappa shape index (κ2) is 8.94. The molecule has 1 atom stereocenters. The van der Waals surface area contributed by atoms with Gasteiger partial charge in [0.1, 0.15) is 11.4 Å². The molecule has 0 aliphatic rings. The number of hydrogen-bond donors (Lipinski definition) is 0. The molecule has 1 unspecified atom stereocenters. The fourth-order valence-electron chi connectivity index (χ4n) is 2.60. The molecule has 0 aliphatic carbocycles. The third-order valence-corrected chi connectivity index (χ3v) is 4.40. The van der Waals surface area contributed by atoms with Crippen molar-refractivity contribution in [2.45, 2.75) is 74.7 Å². The lowest BCUT2D eigenvalue weighted by Gasteiger charge is -2.40. The number of methoxy groups -OCH3 is 1. The lowest BCUT2D eigenvalue weighted by Crippen LogP contribution is -2.70. The molecule has 0 saturated heterocycles. The van der Waals surface area contributed by atoms with Crippen molar-refractivity contribution in [2.75, 3.05) is 7.11 Å². The Morgan fingerprint density at radius 2 is 1.06 bits per heavy atom. The molecule has 1 aromatic rings. The molecular weight excluding hydrogens is 507 g/mol. The van der Waals surface area contributed by atoms with Crippen LogP contribution >= 0.6 is 0 Å². The van der Waals surface area contributed by atoms with Crippen LogP contribution in [-0.2, 0) is 4.74 Å². The summed E-state index contributed by atoms with van der Waals surface area (Å²) < 4.78 is 182. The number of alkyl halides is 13. The van der Waals surface area contributed by atoms with Crippen molar-refractivity contribution in [2.24, 2.45) is 0 Å². The van der Waals surface area contributed by atoms with Crippen LogP contribution in [0.3, 0.4) is 0 Å². The maximum atomic E-state index is 14.1. The third kappa shape index (κ3) is 5.33. The maximum absolute atomic E-state index is 14.1. The molecule has 0 radical (unpaired) electrons. The van der Waals surface area contributed by atoms with E-state index >= 15 is 0 Å². The van der Waals surface area contributed by atoms with Crippen LogP contribution in [0.15, 0.2) is 24.3 Å². The average Bonchev–Trinajstić information content (AvgIpc) is 2.64. The predicted molar refractivity (Wildman–Crippen MR) is 92.0 cm³/mol. The minimum atomic E-state index is -7.93. The van der Waals surface area contributed by atoms with Gasteiger partial charge in [0.15, 0.2) is 0 Å². The van der Waals surface area contributed by atoms with E-state index in [1.807, 2.05) is 0 Å².